The molecule has 57 heavy (non-hydrogen) atoms. The summed E-state index contributed by atoms with van der Waals surface area (Å²) in [5.41, 5.74) is 0.170. The summed E-state index contributed by atoms with van der Waals surface area (Å²) in [7, 11) is 1.59. The molecule has 16 atom stereocenters. The Bertz CT molecular complexity index is 1600. The van der Waals surface area contributed by atoms with Gasteiger partial charge in [-0.25, -0.2) is 4.79 Å². The number of fused-ring (bicyclic) bond motifs is 2. The van der Waals surface area contributed by atoms with Crippen molar-refractivity contribution < 1.29 is 57.7 Å². The highest BCUT2D eigenvalue weighted by atomic mass is 16.7. The number of hydrogen-bond acceptors (Lipinski definition) is 12. The van der Waals surface area contributed by atoms with E-state index in [1.54, 1.807) is 39.2 Å². The molecule has 0 aromatic rings. The maximum Gasteiger partial charge on any atom is 0.330 e. The normalized spacial score (nSPS) is 45.8. The average Bonchev–Trinajstić information content (AvgIpc) is 3.51. The fourth-order valence-electron chi connectivity index (χ4n) is 9.73. The van der Waals surface area contributed by atoms with E-state index in [2.05, 4.69) is 33.8 Å². The van der Waals surface area contributed by atoms with Gasteiger partial charge < -0.3 is 48.1 Å². The Labute approximate surface area is 338 Å². The van der Waals surface area contributed by atoms with Crippen molar-refractivity contribution in [3.05, 3.63) is 59.3 Å². The van der Waals surface area contributed by atoms with Crippen LogP contribution in [0.15, 0.2) is 59.3 Å². The summed E-state index contributed by atoms with van der Waals surface area (Å²) in [5.74, 6) is -2.55. The van der Waals surface area contributed by atoms with Crippen molar-refractivity contribution in [2.45, 2.75) is 173 Å². The Kier molecular flexibility index (Phi) is 14.1. The molecule has 5 aliphatic heterocycles. The van der Waals surface area contributed by atoms with Gasteiger partial charge in [0.05, 0.1) is 31.0 Å². The molecular weight excluding hydrogens is 732 g/mol. The molecule has 12 nitrogen and oxygen atoms in total. The Morgan fingerprint density at radius 1 is 1.12 bits per heavy atom. The highest BCUT2D eigenvalue weighted by Crippen LogP contribution is 2.48. The van der Waals surface area contributed by atoms with Crippen LogP contribution >= 0.6 is 0 Å². The average molecular weight is 799 g/mol. The zero-order valence-corrected chi connectivity index (χ0v) is 35.3. The molecule has 0 saturated carbocycles. The Morgan fingerprint density at radius 3 is 2.61 bits per heavy atom. The number of esters is 2. The monoisotopic (exact) mass is 798 g/mol. The van der Waals surface area contributed by atoms with Gasteiger partial charge in [-0.15, -0.1) is 0 Å². The third-order valence-electron chi connectivity index (χ3n) is 13.2. The molecule has 5 heterocycles. The second-order valence-electron chi connectivity index (χ2n) is 17.4. The standard InChI is InChI=1S/C45H66O12/c1-10-13-36(46)54-41-30(8)52-37(22-35(41)50-9)55-39-26(4)14-12-15-31-24-51-42-38(47)29(7)20-34(45(31,42)49)43(48)53-33-21-32(17-16-27(39)5)56-44(23-33)19-18-28(6)40(57-44)25(3)11-2/h10,12-16,20,25-26,28,30,32-35,37-42,47,49H,11,17-19,21-24H2,1-9H3/b13-10+,14-12+,27-16+,31-15+/t25?,26-,28-,30-,32+,33-,34-,35-,37-,38+,39-,40+,41-,42+,44+,45+/m0/s1. The first-order valence-corrected chi connectivity index (χ1v) is 21.1. The smallest absolute Gasteiger partial charge is 0.330 e. The fraction of sp³-hybridized carbons (Fsp3) is 0.733. The Morgan fingerprint density at radius 2 is 1.89 bits per heavy atom. The van der Waals surface area contributed by atoms with Crippen LogP contribution < -0.4 is 0 Å². The topological polar surface area (TPSA) is 148 Å². The number of hydrogen-bond donors (Lipinski definition) is 2. The molecule has 1 spiro atoms. The lowest BCUT2D eigenvalue weighted by Crippen LogP contribution is -2.58. The number of aliphatic hydroxyl groups excluding tert-OH is 1. The van der Waals surface area contributed by atoms with Gasteiger partial charge in [-0.3, -0.25) is 4.79 Å². The summed E-state index contributed by atoms with van der Waals surface area (Å²) >= 11 is 0. The van der Waals surface area contributed by atoms with Gasteiger partial charge in [0.2, 0.25) is 0 Å². The van der Waals surface area contributed by atoms with Crippen LogP contribution in [0, 0.1) is 23.7 Å². The maximum atomic E-state index is 14.3. The fourth-order valence-corrected chi connectivity index (χ4v) is 9.73. The summed E-state index contributed by atoms with van der Waals surface area (Å²) < 4.78 is 51.0. The summed E-state index contributed by atoms with van der Waals surface area (Å²) in [6.07, 6.45) is 11.0. The first kappa shape index (κ1) is 43.9. The molecule has 318 valence electrons. The van der Waals surface area contributed by atoms with E-state index in [0.717, 1.165) is 18.4 Å². The van der Waals surface area contributed by atoms with Crippen molar-refractivity contribution >= 4 is 11.9 Å². The molecule has 0 aromatic heterocycles. The van der Waals surface area contributed by atoms with Crippen molar-refractivity contribution in [2.24, 2.45) is 23.7 Å². The maximum absolute atomic E-state index is 14.3. The van der Waals surface area contributed by atoms with Crippen LogP contribution in [0.1, 0.15) is 100 Å². The summed E-state index contributed by atoms with van der Waals surface area (Å²) in [5, 5.41) is 23.6. The van der Waals surface area contributed by atoms with E-state index < -0.39 is 78.3 Å². The lowest BCUT2D eigenvalue weighted by atomic mass is 9.71. The Balaban J connectivity index is 1.35. The van der Waals surface area contributed by atoms with Crippen LogP contribution in [0.25, 0.3) is 0 Å². The van der Waals surface area contributed by atoms with E-state index >= 15 is 0 Å². The molecule has 4 saturated heterocycles. The van der Waals surface area contributed by atoms with E-state index in [-0.39, 0.29) is 24.7 Å². The van der Waals surface area contributed by atoms with E-state index in [1.807, 2.05) is 26.0 Å². The molecule has 0 aromatic carbocycles. The quantitative estimate of drug-likeness (QED) is 0.172. The van der Waals surface area contributed by atoms with Crippen molar-refractivity contribution in [3.63, 3.8) is 0 Å². The largest absolute Gasteiger partial charge is 0.462 e. The minimum absolute atomic E-state index is 0.00494. The predicted octanol–water partition coefficient (Wildman–Crippen LogP) is 6.19. The van der Waals surface area contributed by atoms with Crippen LogP contribution in [0.4, 0.5) is 0 Å². The molecule has 12 heteroatoms. The molecule has 0 radical (unpaired) electrons. The number of carbonyl (C=O) groups is 2. The van der Waals surface area contributed by atoms with Gasteiger partial charge in [0.15, 0.2) is 18.2 Å². The molecular formula is C45H66O12. The van der Waals surface area contributed by atoms with Crippen LogP contribution in [0.2, 0.25) is 0 Å². The highest BCUT2D eigenvalue weighted by molar-refractivity contribution is 5.82. The lowest BCUT2D eigenvalue weighted by molar-refractivity contribution is -0.340. The summed E-state index contributed by atoms with van der Waals surface area (Å²) in [6.45, 7) is 16.1. The molecule has 2 N–H and O–H groups in total. The van der Waals surface area contributed by atoms with Gasteiger partial charge in [-0.05, 0) is 69.1 Å². The number of methoxy groups -OCH3 is 1. The van der Waals surface area contributed by atoms with E-state index in [0.29, 0.717) is 55.1 Å². The zero-order valence-electron chi connectivity index (χ0n) is 35.3. The van der Waals surface area contributed by atoms with Gasteiger partial charge in [-0.2, -0.15) is 0 Å². The van der Waals surface area contributed by atoms with Gasteiger partial charge in [-0.1, -0.05) is 70.6 Å². The molecule has 2 bridgehead atoms. The van der Waals surface area contributed by atoms with Crippen molar-refractivity contribution in [1.29, 1.82) is 0 Å². The number of carbonyl (C=O) groups excluding carboxylic acids is 2. The Hall–Kier alpha value is -2.68. The minimum Gasteiger partial charge on any atom is -0.462 e. The predicted molar refractivity (Wildman–Crippen MR) is 211 cm³/mol. The molecule has 4 fully saturated rings. The molecule has 1 unspecified atom stereocenters. The van der Waals surface area contributed by atoms with Gasteiger partial charge in [0, 0.05) is 44.8 Å². The number of rotatable bonds is 7. The second-order valence-corrected chi connectivity index (χ2v) is 17.4. The van der Waals surface area contributed by atoms with Crippen LogP contribution in [0.3, 0.4) is 0 Å². The number of ether oxygens (including phenoxy) is 8. The number of allylic oxidation sites excluding steroid dienone is 3. The molecule has 6 rings (SSSR count). The number of aliphatic hydroxyl groups is 2. The third-order valence-corrected chi connectivity index (χ3v) is 13.2. The molecule has 6 aliphatic rings. The highest BCUT2D eigenvalue weighted by Gasteiger charge is 2.60. The lowest BCUT2D eigenvalue weighted by Gasteiger charge is -2.51. The van der Waals surface area contributed by atoms with Crippen molar-refractivity contribution in [2.75, 3.05) is 13.7 Å². The SMILES string of the molecule is C/C=C/C(=O)O[C@H]1[C@H](C)O[C@@H](O[C@@H]2/C(C)=C/C[C@@H]3C[C@@H](C[C@]4(CC[C@H](C)[C@@H](C(C)CC)O4)O3)OC(=O)[C@@H]3C=C(C)[C@@H](O)[C@H]4OC/C(=C\C=C\[C@@H]2C)[C@]43O)C[C@@H]1OC. The van der Waals surface area contributed by atoms with Crippen LogP contribution in [0.5, 0.6) is 0 Å². The second kappa shape index (κ2) is 18.3. The van der Waals surface area contributed by atoms with E-state index in [9.17, 15) is 19.8 Å². The van der Waals surface area contributed by atoms with Crippen molar-refractivity contribution in [3.8, 4) is 0 Å². The van der Waals surface area contributed by atoms with E-state index in [4.69, 9.17) is 37.9 Å². The van der Waals surface area contributed by atoms with Crippen LogP contribution in [-0.4, -0.2) is 108 Å². The van der Waals surface area contributed by atoms with Gasteiger partial charge in [0.1, 0.15) is 35.9 Å². The zero-order chi connectivity index (χ0) is 41.2. The first-order chi connectivity index (χ1) is 27.1. The minimum atomic E-state index is -1.82. The van der Waals surface area contributed by atoms with E-state index in [1.165, 1.54) is 6.08 Å². The van der Waals surface area contributed by atoms with Gasteiger partial charge in [0.25, 0.3) is 0 Å². The first-order valence-electron chi connectivity index (χ1n) is 21.1. The third kappa shape index (κ3) is 9.23. The summed E-state index contributed by atoms with van der Waals surface area (Å²) in [4.78, 5) is 26.7. The molecule has 1 aliphatic carbocycles. The molecule has 0 amide bonds. The van der Waals surface area contributed by atoms with Crippen LogP contribution in [-0.2, 0) is 47.5 Å². The van der Waals surface area contributed by atoms with Gasteiger partial charge >= 0.3 is 11.9 Å². The summed E-state index contributed by atoms with van der Waals surface area (Å²) in [6, 6.07) is 0. The van der Waals surface area contributed by atoms with Crippen molar-refractivity contribution in [1.82, 2.24) is 0 Å².